The van der Waals surface area contributed by atoms with Crippen LogP contribution in [0.3, 0.4) is 0 Å². The molecule has 0 bridgehead atoms. The third kappa shape index (κ3) is 5.75. The number of carbonyl (C=O) groups excluding carboxylic acids is 1. The molecule has 2 aromatic heterocycles. The van der Waals surface area contributed by atoms with Crippen molar-refractivity contribution in [3.63, 3.8) is 0 Å². The van der Waals surface area contributed by atoms with Crippen LogP contribution < -0.4 is 10.7 Å². The summed E-state index contributed by atoms with van der Waals surface area (Å²) in [5.41, 5.74) is 3.98. The molecule has 0 aliphatic rings. The quantitative estimate of drug-likeness (QED) is 0.285. The minimum atomic E-state index is -0.0764. The van der Waals surface area contributed by atoms with Crippen LogP contribution in [0, 0.1) is 0 Å². The fourth-order valence-electron chi connectivity index (χ4n) is 4.10. The van der Waals surface area contributed by atoms with Gasteiger partial charge in [-0.2, -0.15) is 0 Å². The number of rotatable bonds is 9. The van der Waals surface area contributed by atoms with Crippen LogP contribution in [0.25, 0.3) is 22.3 Å². The molecule has 36 heavy (non-hydrogen) atoms. The third-order valence-electron chi connectivity index (χ3n) is 5.92. The van der Waals surface area contributed by atoms with Gasteiger partial charge < -0.3 is 9.73 Å². The zero-order chi connectivity index (χ0) is 24.7. The first-order valence-electron chi connectivity index (χ1n) is 12.0. The zero-order valence-corrected chi connectivity index (χ0v) is 19.8. The normalized spacial score (nSPS) is 11.0. The van der Waals surface area contributed by atoms with Gasteiger partial charge in [0, 0.05) is 29.9 Å². The molecule has 0 saturated carbocycles. The summed E-state index contributed by atoms with van der Waals surface area (Å²) in [6.45, 7) is 0.502. The molecule has 0 aliphatic heterocycles. The molecule has 0 unspecified atom stereocenters. The SMILES string of the molecule is O=C(CCCCc1cn(Cc2ccc3oc(-c4ccccc4)cc(=O)c3c2)nn1)Nc1ccccc1. The summed E-state index contributed by atoms with van der Waals surface area (Å²) in [4.78, 5) is 24.8. The Morgan fingerprint density at radius 3 is 2.50 bits per heavy atom. The van der Waals surface area contributed by atoms with E-state index in [0.717, 1.165) is 41.8 Å². The van der Waals surface area contributed by atoms with Gasteiger partial charge in [-0.25, -0.2) is 4.68 Å². The van der Waals surface area contributed by atoms with Gasteiger partial charge in [-0.15, -0.1) is 5.10 Å². The van der Waals surface area contributed by atoms with Crippen molar-refractivity contribution >= 4 is 22.6 Å². The summed E-state index contributed by atoms with van der Waals surface area (Å²) in [5, 5.41) is 11.9. The van der Waals surface area contributed by atoms with Crippen molar-refractivity contribution in [1.29, 1.82) is 0 Å². The Bertz CT molecular complexity index is 1530. The Balaban J connectivity index is 1.16. The summed E-state index contributed by atoms with van der Waals surface area (Å²) in [6.07, 6.45) is 4.75. The predicted molar refractivity (Wildman–Crippen MR) is 140 cm³/mol. The number of nitrogens with zero attached hydrogens (tertiary/aromatic N) is 3. The summed E-state index contributed by atoms with van der Waals surface area (Å²) in [7, 11) is 0. The van der Waals surface area contributed by atoms with Crippen molar-refractivity contribution in [1.82, 2.24) is 15.0 Å². The Labute approximate surface area is 208 Å². The van der Waals surface area contributed by atoms with Gasteiger partial charge in [0.2, 0.25) is 5.91 Å². The van der Waals surface area contributed by atoms with Crippen LogP contribution in [0.5, 0.6) is 0 Å². The molecule has 2 heterocycles. The second-order valence-electron chi connectivity index (χ2n) is 8.70. The van der Waals surface area contributed by atoms with Crippen LogP contribution in [0.1, 0.15) is 30.5 Å². The summed E-state index contributed by atoms with van der Waals surface area (Å²) < 4.78 is 7.74. The molecule has 5 rings (SSSR count). The lowest BCUT2D eigenvalue weighted by molar-refractivity contribution is -0.116. The minimum Gasteiger partial charge on any atom is -0.456 e. The Kier molecular flexibility index (Phi) is 6.98. The summed E-state index contributed by atoms with van der Waals surface area (Å²) >= 11 is 0. The molecular formula is C29H26N4O3. The van der Waals surface area contributed by atoms with E-state index in [1.165, 1.54) is 6.07 Å². The van der Waals surface area contributed by atoms with Crippen LogP contribution in [0.15, 0.2) is 100 Å². The largest absolute Gasteiger partial charge is 0.456 e. The van der Waals surface area contributed by atoms with Gasteiger partial charge in [0.15, 0.2) is 5.43 Å². The van der Waals surface area contributed by atoms with E-state index in [4.69, 9.17) is 4.42 Å². The molecule has 0 fully saturated rings. The van der Waals surface area contributed by atoms with Crippen molar-refractivity contribution in [2.24, 2.45) is 0 Å². The van der Waals surface area contributed by atoms with Crippen molar-refractivity contribution < 1.29 is 9.21 Å². The number of amides is 1. The first kappa shape index (κ1) is 23.2. The predicted octanol–water partition coefficient (Wildman–Crippen LogP) is 5.45. The maximum atomic E-state index is 12.8. The number of fused-ring (bicyclic) bond motifs is 1. The minimum absolute atomic E-state index is 0.0153. The molecule has 1 amide bonds. The standard InChI is InChI=1S/C29H26N4O3/c34-26-18-28(22-9-3-1-4-10-22)36-27-16-15-21(17-25(26)27)19-33-20-24(31-32-33)13-7-8-14-29(35)30-23-11-5-2-6-12-23/h1-6,9-12,15-18,20H,7-8,13-14,19H2,(H,30,35). The van der Waals surface area contributed by atoms with Crippen molar-refractivity contribution in [3.8, 4) is 11.3 Å². The second kappa shape index (κ2) is 10.8. The van der Waals surface area contributed by atoms with Gasteiger partial charge >= 0.3 is 0 Å². The number of para-hydroxylation sites is 1. The lowest BCUT2D eigenvalue weighted by atomic mass is 10.1. The van der Waals surface area contributed by atoms with E-state index in [2.05, 4.69) is 15.6 Å². The fourth-order valence-corrected chi connectivity index (χ4v) is 4.10. The molecule has 0 radical (unpaired) electrons. The maximum absolute atomic E-state index is 12.8. The molecule has 7 heteroatoms. The molecule has 0 atom stereocenters. The highest BCUT2D eigenvalue weighted by molar-refractivity contribution is 5.90. The number of nitrogens with one attached hydrogen (secondary N) is 1. The molecule has 0 saturated heterocycles. The lowest BCUT2D eigenvalue weighted by Gasteiger charge is -2.06. The molecular weight excluding hydrogens is 452 g/mol. The van der Waals surface area contributed by atoms with Crippen LogP contribution >= 0.6 is 0 Å². The first-order chi connectivity index (χ1) is 17.6. The lowest BCUT2D eigenvalue weighted by Crippen LogP contribution is -2.10. The number of hydrogen-bond donors (Lipinski definition) is 1. The van der Waals surface area contributed by atoms with Gasteiger partial charge in [-0.3, -0.25) is 9.59 Å². The van der Waals surface area contributed by atoms with Crippen molar-refractivity contribution in [3.05, 3.63) is 113 Å². The Hall–Kier alpha value is -4.52. The molecule has 3 aromatic carbocycles. The maximum Gasteiger partial charge on any atom is 0.224 e. The second-order valence-corrected chi connectivity index (χ2v) is 8.70. The Morgan fingerprint density at radius 1 is 0.917 bits per heavy atom. The highest BCUT2D eigenvalue weighted by Gasteiger charge is 2.09. The number of unbranched alkanes of at least 4 members (excludes halogenated alkanes) is 1. The highest BCUT2D eigenvalue weighted by atomic mass is 16.3. The highest BCUT2D eigenvalue weighted by Crippen LogP contribution is 2.22. The molecule has 7 nitrogen and oxygen atoms in total. The smallest absolute Gasteiger partial charge is 0.224 e. The monoisotopic (exact) mass is 478 g/mol. The van der Waals surface area contributed by atoms with Gasteiger partial charge in [-0.05, 0) is 49.1 Å². The molecule has 0 spiro atoms. The van der Waals surface area contributed by atoms with Gasteiger partial charge in [0.25, 0.3) is 0 Å². The van der Waals surface area contributed by atoms with Gasteiger partial charge in [-0.1, -0.05) is 59.8 Å². The van der Waals surface area contributed by atoms with E-state index in [-0.39, 0.29) is 11.3 Å². The number of hydrogen-bond acceptors (Lipinski definition) is 5. The number of aromatic nitrogens is 3. The molecule has 0 aliphatic carbocycles. The van der Waals surface area contributed by atoms with E-state index in [1.807, 2.05) is 85.1 Å². The average molecular weight is 479 g/mol. The van der Waals surface area contributed by atoms with Crippen LogP contribution in [-0.2, 0) is 17.8 Å². The topological polar surface area (TPSA) is 90.0 Å². The average Bonchev–Trinajstić information content (AvgIpc) is 3.35. The number of aryl methyl sites for hydroxylation is 1. The van der Waals surface area contributed by atoms with E-state index < -0.39 is 0 Å². The zero-order valence-electron chi connectivity index (χ0n) is 19.8. The molecule has 180 valence electrons. The summed E-state index contributed by atoms with van der Waals surface area (Å²) in [5.74, 6) is 0.570. The van der Waals surface area contributed by atoms with Crippen molar-refractivity contribution in [2.45, 2.75) is 32.2 Å². The number of benzene rings is 3. The van der Waals surface area contributed by atoms with Crippen LogP contribution in [-0.4, -0.2) is 20.9 Å². The van der Waals surface area contributed by atoms with E-state index in [1.54, 1.807) is 4.68 Å². The van der Waals surface area contributed by atoms with Crippen LogP contribution in [0.4, 0.5) is 5.69 Å². The van der Waals surface area contributed by atoms with Gasteiger partial charge in [0.05, 0.1) is 17.6 Å². The van der Waals surface area contributed by atoms with Crippen molar-refractivity contribution in [2.75, 3.05) is 5.32 Å². The molecule has 1 N–H and O–H groups in total. The Morgan fingerprint density at radius 2 is 1.69 bits per heavy atom. The number of anilines is 1. The van der Waals surface area contributed by atoms with E-state index in [0.29, 0.717) is 29.7 Å². The summed E-state index contributed by atoms with van der Waals surface area (Å²) in [6, 6.07) is 26.2. The number of carbonyl (C=O) groups is 1. The van der Waals surface area contributed by atoms with Crippen LogP contribution in [0.2, 0.25) is 0 Å². The van der Waals surface area contributed by atoms with Gasteiger partial charge in [0.1, 0.15) is 11.3 Å². The first-order valence-corrected chi connectivity index (χ1v) is 12.0. The van der Waals surface area contributed by atoms with E-state index >= 15 is 0 Å². The fraction of sp³-hybridized carbons (Fsp3) is 0.172. The van der Waals surface area contributed by atoms with E-state index in [9.17, 15) is 9.59 Å². The molecule has 5 aromatic rings. The third-order valence-corrected chi connectivity index (χ3v) is 5.92.